The molecule has 2 amide bonds. The molecule has 2 aliphatic heterocycles. The highest BCUT2D eigenvalue weighted by Crippen LogP contribution is 2.48. The number of amides is 2. The largest absolute Gasteiger partial charge is 0.328 e. The molecule has 31 heavy (non-hydrogen) atoms. The van der Waals surface area contributed by atoms with Crippen molar-refractivity contribution in [3.05, 3.63) is 18.5 Å². The SMILES string of the molecule is C[N+]1(CCCC[N+]2(C)C(=O)CC3(CCCC3)CC2=O)CC[N+](C)(c2ncccn2)CC1. The summed E-state index contributed by atoms with van der Waals surface area (Å²) >= 11 is 0. The second kappa shape index (κ2) is 8.34. The lowest BCUT2D eigenvalue weighted by Gasteiger charge is -2.44. The van der Waals surface area contributed by atoms with Crippen LogP contribution in [0.1, 0.15) is 51.4 Å². The van der Waals surface area contributed by atoms with E-state index in [1.54, 1.807) is 0 Å². The lowest BCUT2D eigenvalue weighted by atomic mass is 9.75. The van der Waals surface area contributed by atoms with E-state index in [2.05, 4.69) is 24.1 Å². The molecule has 7 nitrogen and oxygen atoms in total. The number of nitrogens with zero attached hydrogens (tertiary/aromatic N) is 5. The van der Waals surface area contributed by atoms with E-state index in [0.29, 0.717) is 19.4 Å². The topological polar surface area (TPSA) is 59.9 Å². The molecule has 3 aliphatic rings. The summed E-state index contributed by atoms with van der Waals surface area (Å²) in [4.78, 5) is 34.9. The van der Waals surface area contributed by atoms with E-state index in [4.69, 9.17) is 0 Å². The van der Waals surface area contributed by atoms with Gasteiger partial charge in [-0.05, 0) is 24.3 Å². The number of piperazine rings is 1. The molecule has 0 bridgehead atoms. The smallest absolute Gasteiger partial charge is 0.317 e. The van der Waals surface area contributed by atoms with Gasteiger partial charge >= 0.3 is 17.8 Å². The minimum atomic E-state index is 0.00571. The number of rotatable bonds is 6. The fourth-order valence-electron chi connectivity index (χ4n) is 5.98. The second-order valence-electron chi connectivity index (χ2n) is 11.2. The third kappa shape index (κ3) is 4.45. The predicted molar refractivity (Wildman–Crippen MR) is 121 cm³/mol. The molecule has 170 valence electrons. The Morgan fingerprint density at radius 2 is 1.39 bits per heavy atom. The molecule has 3 fully saturated rings. The fraction of sp³-hybridized carbons (Fsp3) is 0.750. The van der Waals surface area contributed by atoms with Crippen molar-refractivity contribution in [1.29, 1.82) is 0 Å². The van der Waals surface area contributed by atoms with Crippen molar-refractivity contribution >= 4 is 17.8 Å². The summed E-state index contributed by atoms with van der Waals surface area (Å²) in [6.07, 6.45) is 11.3. The fourth-order valence-corrected chi connectivity index (χ4v) is 5.98. The zero-order valence-electron chi connectivity index (χ0n) is 19.7. The van der Waals surface area contributed by atoms with E-state index in [1.807, 2.05) is 25.5 Å². The number of carbonyl (C=O) groups excluding carboxylic acids is 2. The van der Waals surface area contributed by atoms with Crippen LogP contribution in [0.4, 0.5) is 5.95 Å². The average molecular weight is 431 g/mol. The van der Waals surface area contributed by atoms with Crippen LogP contribution in [0.5, 0.6) is 0 Å². The van der Waals surface area contributed by atoms with Gasteiger partial charge in [0.2, 0.25) is 0 Å². The molecule has 1 saturated carbocycles. The first-order valence-electron chi connectivity index (χ1n) is 12.1. The zero-order valence-corrected chi connectivity index (χ0v) is 19.7. The molecule has 1 aliphatic carbocycles. The number of piperidine rings is 1. The minimum absolute atomic E-state index is 0.00571. The van der Waals surface area contributed by atoms with E-state index < -0.39 is 0 Å². The highest BCUT2D eigenvalue weighted by atomic mass is 16.2. The van der Waals surface area contributed by atoms with Crippen molar-refractivity contribution in [2.45, 2.75) is 51.4 Å². The van der Waals surface area contributed by atoms with Gasteiger partial charge in [0, 0.05) is 25.2 Å². The Morgan fingerprint density at radius 1 is 0.839 bits per heavy atom. The lowest BCUT2D eigenvalue weighted by Crippen LogP contribution is -2.65. The van der Waals surface area contributed by atoms with Crippen molar-refractivity contribution in [2.75, 3.05) is 60.4 Å². The van der Waals surface area contributed by atoms with E-state index in [9.17, 15) is 9.59 Å². The molecule has 1 aromatic heterocycles. The van der Waals surface area contributed by atoms with Crippen molar-refractivity contribution in [2.24, 2.45) is 5.41 Å². The highest BCUT2D eigenvalue weighted by Gasteiger charge is 2.53. The molecule has 0 radical (unpaired) electrons. The van der Waals surface area contributed by atoms with Crippen LogP contribution in [0.2, 0.25) is 0 Å². The minimum Gasteiger partial charge on any atom is -0.317 e. The molecule has 0 aromatic carbocycles. The Morgan fingerprint density at radius 3 is 1.97 bits per heavy atom. The predicted octanol–water partition coefficient (Wildman–Crippen LogP) is 2.51. The van der Waals surface area contributed by atoms with Crippen LogP contribution in [0.15, 0.2) is 18.5 Å². The molecule has 0 N–H and O–H groups in total. The van der Waals surface area contributed by atoms with Gasteiger partial charge in [-0.25, -0.2) is 14.1 Å². The quantitative estimate of drug-likeness (QED) is 0.395. The molecule has 7 heteroatoms. The summed E-state index contributed by atoms with van der Waals surface area (Å²) in [6, 6.07) is 1.87. The number of carbonyl (C=O) groups is 2. The van der Waals surface area contributed by atoms with Crippen molar-refractivity contribution in [1.82, 2.24) is 14.5 Å². The van der Waals surface area contributed by atoms with Gasteiger partial charge in [0.15, 0.2) is 0 Å². The van der Waals surface area contributed by atoms with Gasteiger partial charge in [-0.2, -0.15) is 9.97 Å². The van der Waals surface area contributed by atoms with Crippen molar-refractivity contribution in [3.63, 3.8) is 0 Å². The van der Waals surface area contributed by atoms with E-state index >= 15 is 0 Å². The van der Waals surface area contributed by atoms with Gasteiger partial charge in [-0.3, -0.25) is 4.48 Å². The molecule has 3 heterocycles. The van der Waals surface area contributed by atoms with Crippen LogP contribution in [0.3, 0.4) is 0 Å². The second-order valence-corrected chi connectivity index (χ2v) is 11.2. The Labute approximate surface area is 186 Å². The van der Waals surface area contributed by atoms with Gasteiger partial charge < -0.3 is 4.48 Å². The first-order chi connectivity index (χ1) is 14.7. The zero-order chi connectivity index (χ0) is 22.2. The number of unbranched alkanes of at least 4 members (excludes halogenated alkanes) is 1. The van der Waals surface area contributed by atoms with Crippen LogP contribution in [-0.2, 0) is 9.59 Å². The molecule has 0 unspecified atom stereocenters. The maximum atomic E-state index is 13.0. The monoisotopic (exact) mass is 430 g/mol. The van der Waals surface area contributed by atoms with E-state index in [-0.39, 0.29) is 21.7 Å². The number of likely N-dealkylation sites (N-methyl/N-ethyl adjacent to an activating group) is 2. The maximum Gasteiger partial charge on any atom is 0.328 e. The molecular weight excluding hydrogens is 390 g/mol. The summed E-state index contributed by atoms with van der Waals surface area (Å²) in [5.41, 5.74) is 0.00571. The highest BCUT2D eigenvalue weighted by molar-refractivity contribution is 5.88. The van der Waals surface area contributed by atoms with Gasteiger partial charge in [-0.1, -0.05) is 12.8 Å². The van der Waals surface area contributed by atoms with Crippen LogP contribution in [0, 0.1) is 5.41 Å². The number of hydrogen-bond acceptors (Lipinski definition) is 4. The summed E-state index contributed by atoms with van der Waals surface area (Å²) in [6.45, 7) is 6.03. The Bertz CT molecular complexity index is 791. The maximum absolute atomic E-state index is 13.0. The summed E-state index contributed by atoms with van der Waals surface area (Å²) in [7, 11) is 6.44. The molecule has 2 saturated heterocycles. The molecule has 0 atom stereocenters. The number of hydrogen-bond donors (Lipinski definition) is 0. The van der Waals surface area contributed by atoms with E-state index in [1.165, 1.54) is 12.8 Å². The van der Waals surface area contributed by atoms with E-state index in [0.717, 1.165) is 73.3 Å². The first-order valence-corrected chi connectivity index (χ1v) is 12.1. The van der Waals surface area contributed by atoms with Gasteiger partial charge in [0.1, 0.15) is 26.2 Å². The third-order valence-electron chi connectivity index (χ3n) is 8.67. The van der Waals surface area contributed by atoms with Gasteiger partial charge in [-0.15, -0.1) is 0 Å². The lowest BCUT2D eigenvalue weighted by molar-refractivity contribution is -0.913. The number of aromatic nitrogens is 2. The van der Waals surface area contributed by atoms with Gasteiger partial charge in [0.25, 0.3) is 0 Å². The average Bonchev–Trinajstić information content (AvgIpc) is 3.21. The van der Waals surface area contributed by atoms with Crippen molar-refractivity contribution in [3.8, 4) is 0 Å². The van der Waals surface area contributed by atoms with Crippen LogP contribution in [0.25, 0.3) is 0 Å². The third-order valence-corrected chi connectivity index (χ3v) is 8.67. The first kappa shape index (κ1) is 22.5. The van der Waals surface area contributed by atoms with Crippen LogP contribution < -0.4 is 4.48 Å². The number of likely N-dealkylation sites (tertiary alicyclic amines) is 1. The van der Waals surface area contributed by atoms with Crippen LogP contribution >= 0.6 is 0 Å². The molecule has 1 spiro atoms. The van der Waals surface area contributed by atoms with Crippen molar-refractivity contribution < 1.29 is 18.6 Å². The summed E-state index contributed by atoms with van der Waals surface area (Å²) in [5.74, 6) is 1.23. The standard InChI is InChI=1S/C24H40N5O2/c1-27(15-17-28(2,18-16-27)23-25-11-8-12-26-23)13-6-7-14-29(3)21(30)19-24(20-22(29)31)9-4-5-10-24/h8,11-12H,4-7,9-10,13-20H2,1-3H3/q+3. The summed E-state index contributed by atoms with van der Waals surface area (Å²) < 4.78 is 1.88. The van der Waals surface area contributed by atoms with Crippen LogP contribution in [-0.4, -0.2) is 91.2 Å². The summed E-state index contributed by atoms with van der Waals surface area (Å²) in [5, 5.41) is 0. The molecule has 4 rings (SSSR count). The van der Waals surface area contributed by atoms with Gasteiger partial charge in [0.05, 0.1) is 47.1 Å². The molecular formula is C24H40N5O2+3. The Balaban J connectivity index is 1.26. The Kier molecular flexibility index (Phi) is 6.05. The normalized spacial score (nSPS) is 32.5. The molecule has 1 aromatic rings. The Hall–Kier alpha value is -1.70. The number of imide groups is 1. The number of quaternary nitrogens is 3.